The lowest BCUT2D eigenvalue weighted by atomic mass is 9.93. The maximum atomic E-state index is 10.5. The minimum atomic E-state index is -0.319. The van der Waals surface area contributed by atoms with Gasteiger partial charge in [0.15, 0.2) is 23.0 Å². The molecule has 1 amide bonds. The second-order valence-electron chi connectivity index (χ2n) is 2.14. The van der Waals surface area contributed by atoms with E-state index in [1.54, 1.807) is 23.0 Å². The molecule has 0 aliphatic heterocycles. The fraction of sp³-hybridized carbons (Fsp3) is 0.800. The van der Waals surface area contributed by atoms with E-state index in [9.17, 15) is 4.79 Å². The maximum absolute atomic E-state index is 10.5. The maximum Gasteiger partial charge on any atom is 0.416 e. The zero-order valence-corrected chi connectivity index (χ0v) is 7.05. The van der Waals surface area contributed by atoms with Crippen molar-refractivity contribution in [3.63, 3.8) is 0 Å². The fourth-order valence-corrected chi connectivity index (χ4v) is 0.869. The minimum Gasteiger partial charge on any atom is -0.378 e. The van der Waals surface area contributed by atoms with Gasteiger partial charge in [0.2, 0.25) is 0 Å². The number of nitrogens with one attached hydrogen (secondary N) is 1. The second-order valence-corrected chi connectivity index (χ2v) is 2.58. The molecule has 0 aromatic heterocycles. The lowest BCUT2D eigenvalue weighted by Gasteiger charge is -2.24. The van der Waals surface area contributed by atoms with Crippen LogP contribution >= 0.6 is 23.0 Å². The van der Waals surface area contributed by atoms with Crippen molar-refractivity contribution < 1.29 is 7.86 Å². The molecule has 52 valence electrons. The van der Waals surface area contributed by atoms with E-state index in [0.29, 0.717) is 6.04 Å². The van der Waals surface area contributed by atoms with Crippen molar-refractivity contribution in [3.05, 3.63) is 0 Å². The quantitative estimate of drug-likeness (QED) is 0.708. The summed E-state index contributed by atoms with van der Waals surface area (Å²) in [5, 5.41) is 2.70. The number of hydrogen-bond acceptors (Lipinski definition) is 2. The number of carbonyl (C=O) groups is 1. The summed E-state index contributed by atoms with van der Waals surface area (Å²) in [5.74, 6) is 0. The highest BCUT2D eigenvalue weighted by molar-refractivity contribution is 14.1. The molecule has 1 aliphatic carbocycles. The standard InChI is InChI=1S/C5H8INO2/c6-9-5(8)7-4-2-1-3-4/h4H,1-3H2,(H,7,8). The van der Waals surface area contributed by atoms with Crippen molar-refractivity contribution in [2.24, 2.45) is 0 Å². The van der Waals surface area contributed by atoms with Crippen LogP contribution in [0.25, 0.3) is 0 Å². The first-order valence-electron chi connectivity index (χ1n) is 2.92. The highest BCUT2D eigenvalue weighted by Crippen LogP contribution is 2.17. The molecule has 1 rings (SSSR count). The Hall–Kier alpha value is 0. The molecule has 0 bridgehead atoms. The molecular formula is C5H8INO2. The lowest BCUT2D eigenvalue weighted by molar-refractivity contribution is 0.202. The molecule has 0 aromatic rings. The third kappa shape index (κ3) is 2.00. The molecule has 0 aromatic carbocycles. The van der Waals surface area contributed by atoms with Crippen LogP contribution in [0.15, 0.2) is 0 Å². The molecule has 9 heavy (non-hydrogen) atoms. The topological polar surface area (TPSA) is 38.3 Å². The predicted octanol–water partition coefficient (Wildman–Crippen LogP) is 1.62. The Labute approximate surface area is 67.8 Å². The molecule has 0 saturated heterocycles. The summed E-state index contributed by atoms with van der Waals surface area (Å²) >= 11 is 1.58. The summed E-state index contributed by atoms with van der Waals surface area (Å²) in [6.45, 7) is 0. The first-order valence-corrected chi connectivity index (χ1v) is 3.80. The Morgan fingerprint density at radius 3 is 2.67 bits per heavy atom. The Bertz CT molecular complexity index is 114. The Morgan fingerprint density at radius 1 is 1.67 bits per heavy atom. The average Bonchev–Trinajstić information content (AvgIpc) is 1.78. The van der Waals surface area contributed by atoms with Gasteiger partial charge in [-0.3, -0.25) is 0 Å². The number of amides is 1. The van der Waals surface area contributed by atoms with Crippen molar-refractivity contribution in [2.75, 3.05) is 0 Å². The lowest BCUT2D eigenvalue weighted by Crippen LogP contribution is -2.38. The normalized spacial score (nSPS) is 18.3. The Morgan fingerprint density at radius 2 is 2.33 bits per heavy atom. The second kappa shape index (κ2) is 3.24. The van der Waals surface area contributed by atoms with E-state index >= 15 is 0 Å². The van der Waals surface area contributed by atoms with Gasteiger partial charge < -0.3 is 8.38 Å². The van der Waals surface area contributed by atoms with E-state index in [1.165, 1.54) is 6.42 Å². The highest BCUT2D eigenvalue weighted by atomic mass is 127. The Kier molecular flexibility index (Phi) is 2.56. The zero-order valence-electron chi connectivity index (χ0n) is 4.89. The van der Waals surface area contributed by atoms with Gasteiger partial charge in [-0.15, -0.1) is 0 Å². The van der Waals surface area contributed by atoms with E-state index in [0.717, 1.165) is 12.8 Å². The average molecular weight is 241 g/mol. The molecule has 1 saturated carbocycles. The van der Waals surface area contributed by atoms with Gasteiger partial charge >= 0.3 is 6.09 Å². The molecule has 0 atom stereocenters. The first kappa shape index (κ1) is 7.11. The van der Waals surface area contributed by atoms with Crippen LogP contribution in [0.1, 0.15) is 19.3 Å². The van der Waals surface area contributed by atoms with Gasteiger partial charge in [-0.05, 0) is 19.3 Å². The number of rotatable bonds is 1. The molecule has 1 aliphatic rings. The van der Waals surface area contributed by atoms with Crippen LogP contribution in [0.3, 0.4) is 0 Å². The van der Waals surface area contributed by atoms with Crippen molar-refractivity contribution in [3.8, 4) is 0 Å². The fourth-order valence-electron chi connectivity index (χ4n) is 0.742. The molecule has 3 nitrogen and oxygen atoms in total. The number of hydrogen-bond donors (Lipinski definition) is 1. The van der Waals surface area contributed by atoms with Crippen LogP contribution in [0.2, 0.25) is 0 Å². The van der Waals surface area contributed by atoms with Gasteiger partial charge in [0.25, 0.3) is 0 Å². The summed E-state index contributed by atoms with van der Waals surface area (Å²) in [6, 6.07) is 0.382. The van der Waals surface area contributed by atoms with E-state index in [1.807, 2.05) is 0 Å². The highest BCUT2D eigenvalue weighted by Gasteiger charge is 2.19. The van der Waals surface area contributed by atoms with E-state index in [-0.39, 0.29) is 6.09 Å². The SMILES string of the molecule is O=C(NC1CCC1)OI. The summed E-state index contributed by atoms with van der Waals surface area (Å²) < 4.78 is 4.38. The molecular weight excluding hydrogens is 233 g/mol. The predicted molar refractivity (Wildman–Crippen MR) is 41.3 cm³/mol. The molecule has 1 fully saturated rings. The van der Waals surface area contributed by atoms with E-state index in [2.05, 4.69) is 8.38 Å². The third-order valence-corrected chi connectivity index (χ3v) is 1.90. The molecule has 0 radical (unpaired) electrons. The number of halogens is 1. The van der Waals surface area contributed by atoms with Gasteiger partial charge in [0.1, 0.15) is 0 Å². The summed E-state index contributed by atoms with van der Waals surface area (Å²) in [5.41, 5.74) is 0. The van der Waals surface area contributed by atoms with Crippen LogP contribution in [0.5, 0.6) is 0 Å². The van der Waals surface area contributed by atoms with Crippen molar-refractivity contribution in [2.45, 2.75) is 25.3 Å². The Balaban J connectivity index is 2.09. The summed E-state index contributed by atoms with van der Waals surface area (Å²) in [6.07, 6.45) is 3.12. The van der Waals surface area contributed by atoms with Gasteiger partial charge in [-0.2, -0.15) is 0 Å². The molecule has 0 spiro atoms. The van der Waals surface area contributed by atoms with Gasteiger partial charge in [0, 0.05) is 6.04 Å². The van der Waals surface area contributed by atoms with Crippen LogP contribution in [0, 0.1) is 0 Å². The first-order chi connectivity index (χ1) is 4.33. The van der Waals surface area contributed by atoms with Gasteiger partial charge in [-0.1, -0.05) is 0 Å². The van der Waals surface area contributed by atoms with Crippen molar-refractivity contribution in [1.29, 1.82) is 0 Å². The minimum absolute atomic E-state index is 0.319. The van der Waals surface area contributed by atoms with Crippen molar-refractivity contribution in [1.82, 2.24) is 5.32 Å². The molecule has 4 heteroatoms. The molecule has 1 N–H and O–H groups in total. The van der Waals surface area contributed by atoms with Gasteiger partial charge in [0.05, 0.1) is 0 Å². The molecule has 0 unspecified atom stereocenters. The largest absolute Gasteiger partial charge is 0.416 e. The molecule has 0 heterocycles. The van der Waals surface area contributed by atoms with E-state index < -0.39 is 0 Å². The van der Waals surface area contributed by atoms with Crippen LogP contribution < -0.4 is 5.32 Å². The number of carbonyl (C=O) groups excluding carboxylic acids is 1. The van der Waals surface area contributed by atoms with Gasteiger partial charge in [-0.25, -0.2) is 4.79 Å². The summed E-state index contributed by atoms with van der Waals surface area (Å²) in [4.78, 5) is 10.5. The van der Waals surface area contributed by atoms with Crippen molar-refractivity contribution >= 4 is 29.1 Å². The zero-order chi connectivity index (χ0) is 6.69. The third-order valence-electron chi connectivity index (χ3n) is 1.50. The van der Waals surface area contributed by atoms with Crippen LogP contribution in [-0.4, -0.2) is 12.1 Å². The van der Waals surface area contributed by atoms with Crippen LogP contribution in [0.4, 0.5) is 4.79 Å². The van der Waals surface area contributed by atoms with Crippen LogP contribution in [-0.2, 0) is 3.07 Å². The summed E-state index contributed by atoms with van der Waals surface area (Å²) in [7, 11) is 0. The monoisotopic (exact) mass is 241 g/mol. The van der Waals surface area contributed by atoms with E-state index in [4.69, 9.17) is 0 Å². The smallest absolute Gasteiger partial charge is 0.378 e.